The summed E-state index contributed by atoms with van der Waals surface area (Å²) in [5.41, 5.74) is 0.280. The van der Waals surface area contributed by atoms with Gasteiger partial charge in [-0.2, -0.15) is 5.26 Å². The van der Waals surface area contributed by atoms with Crippen LogP contribution < -0.4 is 0 Å². The minimum atomic E-state index is -1.59. The highest BCUT2D eigenvalue weighted by Crippen LogP contribution is 2.52. The first-order valence-corrected chi connectivity index (χ1v) is 11.5. The van der Waals surface area contributed by atoms with Gasteiger partial charge in [0, 0.05) is 17.4 Å². The molecule has 2 aromatic rings. The van der Waals surface area contributed by atoms with E-state index >= 15 is 0 Å². The first-order valence-electron chi connectivity index (χ1n) is 11.1. The smallest absolute Gasteiger partial charge is 0.312 e. The lowest BCUT2D eigenvalue weighted by atomic mass is 9.58. The molecular formula is C26H27ClN2O5. The number of aliphatic imine (C=N–C) groups is 1. The van der Waals surface area contributed by atoms with Gasteiger partial charge in [-0.25, -0.2) is 0 Å². The van der Waals surface area contributed by atoms with E-state index in [1.165, 1.54) is 0 Å². The van der Waals surface area contributed by atoms with Crippen LogP contribution in [0.2, 0.25) is 5.02 Å². The Bertz CT molecular complexity index is 1100. The zero-order valence-electron chi connectivity index (χ0n) is 18.9. The van der Waals surface area contributed by atoms with Crippen LogP contribution in [0.25, 0.3) is 0 Å². The summed E-state index contributed by atoms with van der Waals surface area (Å²) >= 11 is 6.20. The fourth-order valence-corrected chi connectivity index (χ4v) is 5.05. The van der Waals surface area contributed by atoms with Crippen molar-refractivity contribution < 1.29 is 24.5 Å². The van der Waals surface area contributed by atoms with E-state index in [1.54, 1.807) is 31.2 Å². The number of carboxylic acids is 2. The molecule has 0 fully saturated rings. The first kappa shape index (κ1) is 25.4. The van der Waals surface area contributed by atoms with Gasteiger partial charge in [-0.3, -0.25) is 14.6 Å². The van der Waals surface area contributed by atoms with Gasteiger partial charge in [0.05, 0.1) is 36.5 Å². The zero-order valence-corrected chi connectivity index (χ0v) is 19.6. The fourth-order valence-electron chi connectivity index (χ4n) is 4.85. The van der Waals surface area contributed by atoms with Crippen LogP contribution in [-0.2, 0) is 20.7 Å². The topological polar surface area (TPSA) is 120 Å². The number of benzene rings is 2. The van der Waals surface area contributed by atoms with Crippen LogP contribution in [0, 0.1) is 22.7 Å². The van der Waals surface area contributed by atoms with Crippen molar-refractivity contribution in [1.29, 1.82) is 5.26 Å². The van der Waals surface area contributed by atoms with Crippen molar-refractivity contribution in [1.82, 2.24) is 0 Å². The quantitative estimate of drug-likeness (QED) is 0.477. The summed E-state index contributed by atoms with van der Waals surface area (Å²) in [5, 5.41) is 30.2. The fraction of sp³-hybridized carbons (Fsp3) is 0.385. The second kappa shape index (κ2) is 11.3. The van der Waals surface area contributed by atoms with Crippen LogP contribution in [0.4, 0.5) is 0 Å². The Hall–Kier alpha value is -3.21. The average Bonchev–Trinajstić information content (AvgIpc) is 2.81. The van der Waals surface area contributed by atoms with Gasteiger partial charge in [0.1, 0.15) is 5.92 Å². The van der Waals surface area contributed by atoms with E-state index in [0.29, 0.717) is 23.6 Å². The molecule has 0 saturated carbocycles. The van der Waals surface area contributed by atoms with Crippen LogP contribution in [0.3, 0.4) is 0 Å². The van der Waals surface area contributed by atoms with Crippen molar-refractivity contribution in [3.05, 3.63) is 70.7 Å². The van der Waals surface area contributed by atoms with Gasteiger partial charge in [0.25, 0.3) is 0 Å². The maximum atomic E-state index is 12.7. The van der Waals surface area contributed by atoms with Crippen molar-refractivity contribution in [3.8, 4) is 6.07 Å². The number of carbonyl (C=O) groups is 2. The molecule has 0 radical (unpaired) electrons. The molecule has 0 saturated heterocycles. The van der Waals surface area contributed by atoms with E-state index in [1.807, 2.05) is 36.4 Å². The largest absolute Gasteiger partial charge is 0.481 e. The van der Waals surface area contributed by atoms with Gasteiger partial charge >= 0.3 is 11.9 Å². The third kappa shape index (κ3) is 5.30. The van der Waals surface area contributed by atoms with Gasteiger partial charge in [-0.05, 0) is 43.0 Å². The molecule has 1 aliphatic rings. The van der Waals surface area contributed by atoms with Crippen LogP contribution in [0.5, 0.6) is 0 Å². The molecule has 34 heavy (non-hydrogen) atoms. The lowest BCUT2D eigenvalue weighted by molar-refractivity contribution is -0.156. The van der Waals surface area contributed by atoms with Crippen LogP contribution in [0.1, 0.15) is 36.8 Å². The molecule has 4 unspecified atom stereocenters. The Morgan fingerprint density at radius 3 is 2.53 bits per heavy atom. The molecule has 3 rings (SSSR count). The number of hydrogen-bond acceptors (Lipinski definition) is 5. The number of carboxylic acid groups (broad SMARTS) is 2. The lowest BCUT2D eigenvalue weighted by Crippen LogP contribution is -2.55. The second-order valence-electron chi connectivity index (χ2n) is 8.44. The van der Waals surface area contributed by atoms with Crippen molar-refractivity contribution in [2.24, 2.45) is 16.3 Å². The number of nitriles is 1. The SMILES string of the molecule is CC1N=C(COCCc2ccccc2)C(C(=O)O)C(c2cccc(Cl)c2)C1(CCC#N)C(=O)O. The van der Waals surface area contributed by atoms with E-state index in [2.05, 4.69) is 4.99 Å². The highest BCUT2D eigenvalue weighted by atomic mass is 35.5. The Morgan fingerprint density at radius 1 is 1.18 bits per heavy atom. The number of hydrogen-bond donors (Lipinski definition) is 2. The average molecular weight is 483 g/mol. The summed E-state index contributed by atoms with van der Waals surface area (Å²) in [7, 11) is 0. The number of ether oxygens (including phenoxy) is 1. The highest BCUT2D eigenvalue weighted by Gasteiger charge is 2.58. The first-order chi connectivity index (χ1) is 16.3. The summed E-state index contributed by atoms with van der Waals surface area (Å²) in [6, 6.07) is 17.6. The van der Waals surface area contributed by atoms with Gasteiger partial charge in [-0.15, -0.1) is 0 Å². The number of aliphatic carboxylic acids is 2. The predicted octanol–water partition coefficient (Wildman–Crippen LogP) is 4.60. The summed E-state index contributed by atoms with van der Waals surface area (Å²) in [5.74, 6) is -4.58. The van der Waals surface area contributed by atoms with Crippen molar-refractivity contribution in [2.75, 3.05) is 13.2 Å². The highest BCUT2D eigenvalue weighted by molar-refractivity contribution is 6.30. The molecule has 0 amide bonds. The predicted molar refractivity (Wildman–Crippen MR) is 128 cm³/mol. The molecule has 0 aromatic heterocycles. The molecule has 1 aliphatic heterocycles. The normalized spacial score (nSPS) is 24.1. The second-order valence-corrected chi connectivity index (χ2v) is 8.87. The standard InChI is InChI=1S/C26H27ClN2O5/c1-17-26(25(32)33,12-6-13-28)23(19-9-5-10-20(27)15-19)22(24(30)31)21(29-17)16-34-14-11-18-7-3-2-4-8-18/h2-5,7-10,15,17,22-23H,6,11-12,14,16H2,1H3,(H,30,31)(H,32,33). The molecular weight excluding hydrogens is 456 g/mol. The van der Waals surface area contributed by atoms with Crippen molar-refractivity contribution in [2.45, 2.75) is 38.1 Å². The molecule has 4 atom stereocenters. The van der Waals surface area contributed by atoms with E-state index < -0.39 is 35.2 Å². The molecule has 178 valence electrons. The van der Waals surface area contributed by atoms with Crippen LogP contribution in [-0.4, -0.2) is 47.1 Å². The summed E-state index contributed by atoms with van der Waals surface area (Å²) in [6.07, 6.45) is 0.575. The van der Waals surface area contributed by atoms with E-state index in [4.69, 9.17) is 16.3 Å². The monoisotopic (exact) mass is 482 g/mol. The third-order valence-electron chi connectivity index (χ3n) is 6.50. The number of halogens is 1. The Labute approximate surface area is 203 Å². The van der Waals surface area contributed by atoms with E-state index in [-0.39, 0.29) is 25.2 Å². The molecule has 0 bridgehead atoms. The Morgan fingerprint density at radius 2 is 1.91 bits per heavy atom. The molecule has 2 aromatic carbocycles. The summed E-state index contributed by atoms with van der Waals surface area (Å²) in [4.78, 5) is 29.8. The molecule has 1 heterocycles. The molecule has 2 N–H and O–H groups in total. The number of rotatable bonds is 10. The minimum absolute atomic E-state index is 0.0286. The lowest BCUT2D eigenvalue weighted by Gasteiger charge is -2.46. The minimum Gasteiger partial charge on any atom is -0.481 e. The van der Waals surface area contributed by atoms with Gasteiger partial charge in [-0.1, -0.05) is 54.1 Å². The van der Waals surface area contributed by atoms with Gasteiger partial charge in [0.15, 0.2) is 0 Å². The van der Waals surface area contributed by atoms with E-state index in [9.17, 15) is 25.1 Å². The molecule has 0 spiro atoms. The molecule has 8 heteroatoms. The summed E-state index contributed by atoms with van der Waals surface area (Å²) < 4.78 is 5.80. The summed E-state index contributed by atoms with van der Waals surface area (Å²) in [6.45, 7) is 1.99. The maximum Gasteiger partial charge on any atom is 0.312 e. The Kier molecular flexibility index (Phi) is 8.43. The maximum absolute atomic E-state index is 12.7. The third-order valence-corrected chi connectivity index (χ3v) is 6.74. The van der Waals surface area contributed by atoms with Crippen LogP contribution >= 0.6 is 11.6 Å². The molecule has 0 aliphatic carbocycles. The van der Waals surface area contributed by atoms with Crippen LogP contribution in [0.15, 0.2) is 59.6 Å². The Balaban J connectivity index is 1.99. The van der Waals surface area contributed by atoms with Gasteiger partial charge in [0.2, 0.25) is 0 Å². The van der Waals surface area contributed by atoms with Crippen molar-refractivity contribution >= 4 is 29.3 Å². The van der Waals surface area contributed by atoms with Crippen molar-refractivity contribution in [3.63, 3.8) is 0 Å². The number of nitrogens with zero attached hydrogens (tertiary/aromatic N) is 2. The van der Waals surface area contributed by atoms with Gasteiger partial charge < -0.3 is 14.9 Å². The zero-order chi connectivity index (χ0) is 24.7. The molecule has 7 nitrogen and oxygen atoms in total. The van der Waals surface area contributed by atoms with E-state index in [0.717, 1.165) is 5.56 Å².